The van der Waals surface area contributed by atoms with Crippen LogP contribution >= 0.6 is 11.3 Å². The number of benzene rings is 1. The van der Waals surface area contributed by atoms with Crippen LogP contribution in [0.4, 0.5) is 0 Å². The Morgan fingerprint density at radius 1 is 1.50 bits per heavy atom. The van der Waals surface area contributed by atoms with Gasteiger partial charge in [-0.2, -0.15) is 0 Å². The summed E-state index contributed by atoms with van der Waals surface area (Å²) in [4.78, 5) is 24.2. The Bertz CT molecular complexity index is 772. The number of aryl methyl sites for hydroxylation is 1. The highest BCUT2D eigenvalue weighted by atomic mass is 32.1. The predicted molar refractivity (Wildman–Crippen MR) is 93.3 cm³/mol. The number of thiazole rings is 1. The maximum Gasteiger partial charge on any atom is 0.266 e. The third-order valence-electron chi connectivity index (χ3n) is 4.05. The van der Waals surface area contributed by atoms with E-state index >= 15 is 0 Å². The molecular formula is C17H19N3O3S. The van der Waals surface area contributed by atoms with Crippen molar-refractivity contribution in [3.05, 3.63) is 40.9 Å². The van der Waals surface area contributed by atoms with E-state index < -0.39 is 0 Å². The van der Waals surface area contributed by atoms with Gasteiger partial charge in [0.15, 0.2) is 0 Å². The fourth-order valence-electron chi connectivity index (χ4n) is 2.82. The van der Waals surface area contributed by atoms with Crippen LogP contribution in [0.1, 0.15) is 21.7 Å². The Morgan fingerprint density at radius 3 is 3.00 bits per heavy atom. The van der Waals surface area contributed by atoms with E-state index in [1.54, 1.807) is 11.1 Å². The molecular weight excluding hydrogens is 326 g/mol. The fourth-order valence-corrected chi connectivity index (χ4v) is 3.78. The quantitative estimate of drug-likeness (QED) is 0.863. The first-order chi connectivity index (χ1) is 11.6. The molecule has 1 aromatic carbocycles. The zero-order chi connectivity index (χ0) is 17.1. The summed E-state index contributed by atoms with van der Waals surface area (Å²) in [7, 11) is 1.48. The summed E-state index contributed by atoms with van der Waals surface area (Å²) in [6.07, 6.45) is 2.13. The molecule has 1 aromatic heterocycles. The third-order valence-corrected chi connectivity index (χ3v) is 5.07. The molecule has 126 valence electrons. The lowest BCUT2D eigenvalue weighted by Gasteiger charge is -2.21. The second-order valence-corrected chi connectivity index (χ2v) is 6.69. The largest absolute Gasteiger partial charge is 0.399 e. The number of oxime groups is 1. The zero-order valence-electron chi connectivity index (χ0n) is 13.6. The molecule has 1 N–H and O–H groups in total. The molecule has 0 spiro atoms. The van der Waals surface area contributed by atoms with Crippen molar-refractivity contribution in [2.75, 3.05) is 20.3 Å². The lowest BCUT2D eigenvalue weighted by molar-refractivity contribution is 0.0684. The number of aliphatic hydroxyl groups excluding tert-OH is 1. The average Bonchev–Trinajstić information content (AvgIpc) is 3.22. The monoisotopic (exact) mass is 345 g/mol. The van der Waals surface area contributed by atoms with Gasteiger partial charge in [0, 0.05) is 12.0 Å². The summed E-state index contributed by atoms with van der Waals surface area (Å²) in [6.45, 7) is 2.29. The van der Waals surface area contributed by atoms with Crippen molar-refractivity contribution < 1.29 is 14.7 Å². The number of hydrogen-bond acceptors (Lipinski definition) is 6. The van der Waals surface area contributed by atoms with Crippen molar-refractivity contribution in [1.82, 2.24) is 9.88 Å². The molecule has 0 radical (unpaired) electrons. The molecule has 0 saturated carbocycles. The molecule has 7 heteroatoms. The number of hydrogen-bond donors (Lipinski definition) is 1. The Balaban J connectivity index is 1.84. The average molecular weight is 345 g/mol. The van der Waals surface area contributed by atoms with E-state index in [2.05, 4.69) is 10.1 Å². The maximum absolute atomic E-state index is 12.8. The highest BCUT2D eigenvalue weighted by molar-refractivity contribution is 7.16. The van der Waals surface area contributed by atoms with Gasteiger partial charge in [-0.15, -0.1) is 11.3 Å². The van der Waals surface area contributed by atoms with Crippen molar-refractivity contribution >= 4 is 23.0 Å². The van der Waals surface area contributed by atoms with Gasteiger partial charge in [0.25, 0.3) is 5.91 Å². The molecule has 1 amide bonds. The smallest absolute Gasteiger partial charge is 0.266 e. The molecule has 1 atom stereocenters. The van der Waals surface area contributed by atoms with E-state index in [4.69, 9.17) is 4.84 Å². The molecule has 2 heterocycles. The van der Waals surface area contributed by atoms with Crippen molar-refractivity contribution in [2.24, 2.45) is 5.16 Å². The molecule has 1 aliphatic rings. The van der Waals surface area contributed by atoms with Crippen molar-refractivity contribution in [1.29, 1.82) is 0 Å². The van der Waals surface area contributed by atoms with Gasteiger partial charge in [0.2, 0.25) is 0 Å². The van der Waals surface area contributed by atoms with Crippen LogP contribution in [0.25, 0.3) is 10.6 Å². The second-order valence-electron chi connectivity index (χ2n) is 5.66. The SMILES string of the molecule is CO/N=C1/C[C@@H](CO)N(C(=O)c2cnc(-c3ccccc3C)s2)C1. The van der Waals surface area contributed by atoms with Crippen LogP contribution in [0.2, 0.25) is 0 Å². The number of nitrogens with zero attached hydrogens (tertiary/aromatic N) is 3. The van der Waals surface area contributed by atoms with Crippen molar-refractivity contribution in [2.45, 2.75) is 19.4 Å². The van der Waals surface area contributed by atoms with Gasteiger partial charge < -0.3 is 14.8 Å². The standard InChI is InChI=1S/C17H19N3O3S/c1-11-5-3-4-6-14(11)16-18-8-15(24-16)17(22)20-9-12(19-23-2)7-13(20)10-21/h3-6,8,13,21H,7,9-10H2,1-2H3/b19-12-/t13-/m0/s1. The topological polar surface area (TPSA) is 75.0 Å². The van der Waals surface area contributed by atoms with Gasteiger partial charge in [-0.3, -0.25) is 4.79 Å². The van der Waals surface area contributed by atoms with E-state index in [9.17, 15) is 9.90 Å². The normalized spacial score (nSPS) is 19.0. The van der Waals surface area contributed by atoms with Gasteiger partial charge in [-0.05, 0) is 12.5 Å². The number of rotatable bonds is 4. The molecule has 1 aliphatic heterocycles. The minimum absolute atomic E-state index is 0.0993. The fraction of sp³-hybridized carbons (Fsp3) is 0.353. The zero-order valence-corrected chi connectivity index (χ0v) is 14.4. The van der Waals surface area contributed by atoms with Crippen molar-refractivity contribution in [3.63, 3.8) is 0 Å². The Morgan fingerprint density at radius 2 is 2.29 bits per heavy atom. The van der Waals surface area contributed by atoms with Crippen LogP contribution in [0, 0.1) is 6.92 Å². The van der Waals surface area contributed by atoms with Crippen LogP contribution in [0.3, 0.4) is 0 Å². The summed E-state index contributed by atoms with van der Waals surface area (Å²) in [6, 6.07) is 7.69. The lowest BCUT2D eigenvalue weighted by atomic mass is 10.1. The molecule has 24 heavy (non-hydrogen) atoms. The van der Waals surface area contributed by atoms with Gasteiger partial charge >= 0.3 is 0 Å². The minimum Gasteiger partial charge on any atom is -0.399 e. The predicted octanol–water partition coefficient (Wildman–Crippen LogP) is 2.33. The van der Waals surface area contributed by atoms with E-state index in [0.29, 0.717) is 17.8 Å². The Kier molecular flexibility index (Phi) is 4.92. The molecule has 1 fully saturated rings. The van der Waals surface area contributed by atoms with E-state index in [1.165, 1.54) is 18.4 Å². The van der Waals surface area contributed by atoms with Crippen LogP contribution in [0.15, 0.2) is 35.6 Å². The summed E-state index contributed by atoms with van der Waals surface area (Å²) >= 11 is 1.37. The number of aromatic nitrogens is 1. The molecule has 0 aliphatic carbocycles. The molecule has 1 saturated heterocycles. The summed E-state index contributed by atoms with van der Waals surface area (Å²) in [5.41, 5.74) is 2.91. The lowest BCUT2D eigenvalue weighted by Crippen LogP contribution is -2.37. The molecule has 0 unspecified atom stereocenters. The summed E-state index contributed by atoms with van der Waals surface area (Å²) in [5.74, 6) is -0.132. The van der Waals surface area contributed by atoms with Crippen LogP contribution < -0.4 is 0 Å². The minimum atomic E-state index is -0.268. The molecule has 6 nitrogen and oxygen atoms in total. The van der Waals surface area contributed by atoms with Crippen LogP contribution in [-0.4, -0.2) is 52.9 Å². The number of likely N-dealkylation sites (tertiary alicyclic amines) is 1. The molecule has 2 aromatic rings. The first-order valence-corrected chi connectivity index (χ1v) is 8.48. The number of aliphatic hydroxyl groups is 1. The van der Waals surface area contributed by atoms with Gasteiger partial charge in [-0.25, -0.2) is 4.98 Å². The van der Waals surface area contributed by atoms with Gasteiger partial charge in [0.1, 0.15) is 17.0 Å². The number of carbonyl (C=O) groups is 1. The van der Waals surface area contributed by atoms with Gasteiger partial charge in [0.05, 0.1) is 31.1 Å². The number of carbonyl (C=O) groups excluding carboxylic acids is 1. The van der Waals surface area contributed by atoms with Crippen LogP contribution in [-0.2, 0) is 4.84 Å². The second kappa shape index (κ2) is 7.11. The summed E-state index contributed by atoms with van der Waals surface area (Å²) in [5, 5.41) is 14.3. The van der Waals surface area contributed by atoms with Crippen molar-refractivity contribution in [3.8, 4) is 10.6 Å². The molecule has 0 bridgehead atoms. The summed E-state index contributed by atoms with van der Waals surface area (Å²) < 4.78 is 0. The molecule has 3 rings (SSSR count). The highest BCUT2D eigenvalue weighted by Crippen LogP contribution is 2.29. The van der Waals surface area contributed by atoms with Gasteiger partial charge in [-0.1, -0.05) is 29.4 Å². The highest BCUT2D eigenvalue weighted by Gasteiger charge is 2.34. The van der Waals surface area contributed by atoms with E-state index in [0.717, 1.165) is 21.8 Å². The maximum atomic E-state index is 12.8. The third kappa shape index (κ3) is 3.18. The van der Waals surface area contributed by atoms with E-state index in [1.807, 2.05) is 31.2 Å². The first kappa shape index (κ1) is 16.6. The van der Waals surface area contributed by atoms with Crippen LogP contribution in [0.5, 0.6) is 0 Å². The Hall–Kier alpha value is -2.25. The number of amides is 1. The Labute approximate surface area is 144 Å². The first-order valence-electron chi connectivity index (χ1n) is 7.66. The van der Waals surface area contributed by atoms with E-state index in [-0.39, 0.29) is 18.6 Å².